The van der Waals surface area contributed by atoms with Crippen molar-refractivity contribution < 1.29 is 5.11 Å². The van der Waals surface area contributed by atoms with Gasteiger partial charge in [0.2, 0.25) is 0 Å². The summed E-state index contributed by atoms with van der Waals surface area (Å²) in [6.07, 6.45) is 3.08. The van der Waals surface area contributed by atoms with Crippen LogP contribution in [0.1, 0.15) is 12.1 Å². The first-order chi connectivity index (χ1) is 12.7. The SMILES string of the molecule is CN(C)[C@@H]1C[C@@H](CO)N(Cc2c(-c3ccccc3)nc3ccccn23)C1. The topological polar surface area (TPSA) is 44.0 Å². The second kappa shape index (κ2) is 7.19. The molecule has 0 saturated carbocycles. The van der Waals surface area contributed by atoms with Gasteiger partial charge in [-0.3, -0.25) is 4.90 Å². The summed E-state index contributed by atoms with van der Waals surface area (Å²) in [5.41, 5.74) is 4.31. The Morgan fingerprint density at radius 3 is 2.62 bits per heavy atom. The highest BCUT2D eigenvalue weighted by Crippen LogP contribution is 2.29. The molecule has 3 heterocycles. The predicted molar refractivity (Wildman–Crippen MR) is 104 cm³/mol. The molecule has 2 aromatic heterocycles. The third-order valence-corrected chi connectivity index (χ3v) is 5.48. The van der Waals surface area contributed by atoms with Crippen molar-refractivity contribution in [2.45, 2.75) is 25.0 Å². The summed E-state index contributed by atoms with van der Waals surface area (Å²) in [5.74, 6) is 0. The molecule has 136 valence electrons. The Bertz CT molecular complexity index is 874. The van der Waals surface area contributed by atoms with Crippen molar-refractivity contribution in [1.29, 1.82) is 0 Å². The Hall–Kier alpha value is -2.21. The van der Waals surface area contributed by atoms with E-state index in [0.717, 1.165) is 36.4 Å². The lowest BCUT2D eigenvalue weighted by atomic mass is 10.1. The molecule has 3 aromatic rings. The molecular weight excluding hydrogens is 324 g/mol. The number of hydrogen-bond acceptors (Lipinski definition) is 4. The second-order valence-corrected chi connectivity index (χ2v) is 7.32. The van der Waals surface area contributed by atoms with Crippen LogP contribution in [0.25, 0.3) is 16.9 Å². The molecule has 26 heavy (non-hydrogen) atoms. The highest BCUT2D eigenvalue weighted by Gasteiger charge is 2.33. The van der Waals surface area contributed by atoms with Crippen LogP contribution in [0.5, 0.6) is 0 Å². The van der Waals surface area contributed by atoms with E-state index in [-0.39, 0.29) is 12.6 Å². The number of nitrogens with zero attached hydrogens (tertiary/aromatic N) is 4. The normalized spacial score (nSPS) is 21.1. The molecule has 0 spiro atoms. The van der Waals surface area contributed by atoms with Gasteiger partial charge in [-0.1, -0.05) is 36.4 Å². The maximum Gasteiger partial charge on any atom is 0.137 e. The summed E-state index contributed by atoms with van der Waals surface area (Å²) < 4.78 is 2.18. The Balaban J connectivity index is 1.74. The number of aliphatic hydroxyl groups excluding tert-OH is 1. The van der Waals surface area contributed by atoms with E-state index in [4.69, 9.17) is 4.98 Å². The van der Waals surface area contributed by atoms with Gasteiger partial charge in [-0.05, 0) is 32.6 Å². The van der Waals surface area contributed by atoms with Crippen LogP contribution in [0.3, 0.4) is 0 Å². The van der Waals surface area contributed by atoms with Gasteiger partial charge in [0, 0.05) is 36.9 Å². The van der Waals surface area contributed by atoms with Crippen molar-refractivity contribution in [2.75, 3.05) is 27.2 Å². The highest BCUT2D eigenvalue weighted by atomic mass is 16.3. The molecular formula is C21H26N4O. The fourth-order valence-corrected chi connectivity index (χ4v) is 3.93. The maximum atomic E-state index is 9.88. The number of imidazole rings is 1. The van der Waals surface area contributed by atoms with Gasteiger partial charge in [0.15, 0.2) is 0 Å². The minimum Gasteiger partial charge on any atom is -0.395 e. The van der Waals surface area contributed by atoms with E-state index < -0.39 is 0 Å². The fourth-order valence-electron chi connectivity index (χ4n) is 3.93. The van der Waals surface area contributed by atoms with Gasteiger partial charge in [-0.25, -0.2) is 4.98 Å². The van der Waals surface area contributed by atoms with Crippen molar-refractivity contribution in [3.8, 4) is 11.3 Å². The standard InChI is InChI=1S/C21H26N4O/c1-23(2)17-12-18(15-26)24(13-17)14-19-21(16-8-4-3-5-9-16)22-20-10-6-7-11-25(19)20/h3-11,17-18,26H,12-15H2,1-2H3/t17-,18+/m1/s1. The summed E-state index contributed by atoms with van der Waals surface area (Å²) in [6.45, 7) is 1.94. The third kappa shape index (κ3) is 3.14. The molecule has 0 unspecified atom stereocenters. The minimum absolute atomic E-state index is 0.195. The largest absolute Gasteiger partial charge is 0.395 e. The van der Waals surface area contributed by atoms with E-state index >= 15 is 0 Å². The number of benzene rings is 1. The van der Waals surface area contributed by atoms with Crippen LogP contribution in [-0.4, -0.2) is 63.6 Å². The van der Waals surface area contributed by atoms with Crippen LogP contribution < -0.4 is 0 Å². The molecule has 5 nitrogen and oxygen atoms in total. The summed E-state index contributed by atoms with van der Waals surface area (Å²) >= 11 is 0. The van der Waals surface area contributed by atoms with Crippen LogP contribution in [-0.2, 0) is 6.54 Å². The van der Waals surface area contributed by atoms with Crippen molar-refractivity contribution in [1.82, 2.24) is 19.2 Å². The molecule has 0 amide bonds. The molecule has 1 aliphatic rings. The van der Waals surface area contributed by atoms with Gasteiger partial charge in [0.25, 0.3) is 0 Å². The van der Waals surface area contributed by atoms with Crippen LogP contribution >= 0.6 is 0 Å². The first-order valence-corrected chi connectivity index (χ1v) is 9.20. The minimum atomic E-state index is 0.195. The van der Waals surface area contributed by atoms with E-state index in [0.29, 0.717) is 6.04 Å². The molecule has 1 saturated heterocycles. The molecule has 1 aliphatic heterocycles. The lowest BCUT2D eigenvalue weighted by molar-refractivity contribution is 0.151. The van der Waals surface area contributed by atoms with Crippen LogP contribution in [0.4, 0.5) is 0 Å². The summed E-state index contributed by atoms with van der Waals surface area (Å²) in [4.78, 5) is 9.55. The molecule has 1 fully saturated rings. The lowest BCUT2D eigenvalue weighted by Gasteiger charge is -2.23. The first-order valence-electron chi connectivity index (χ1n) is 9.20. The fraction of sp³-hybridized carbons (Fsp3) is 0.381. The quantitative estimate of drug-likeness (QED) is 0.768. The van der Waals surface area contributed by atoms with Crippen LogP contribution in [0.2, 0.25) is 0 Å². The number of likely N-dealkylation sites (N-methyl/N-ethyl adjacent to an activating group) is 1. The number of likely N-dealkylation sites (tertiary alicyclic amines) is 1. The van der Waals surface area contributed by atoms with Gasteiger partial charge in [0.05, 0.1) is 18.0 Å². The molecule has 0 bridgehead atoms. The summed E-state index contributed by atoms with van der Waals surface area (Å²) in [7, 11) is 4.23. The van der Waals surface area contributed by atoms with Crippen molar-refractivity contribution in [3.05, 3.63) is 60.4 Å². The van der Waals surface area contributed by atoms with Crippen molar-refractivity contribution in [2.24, 2.45) is 0 Å². The Labute approximate surface area is 154 Å². The average Bonchev–Trinajstić information content (AvgIpc) is 3.25. The predicted octanol–water partition coefficient (Wildman–Crippen LogP) is 2.50. The molecule has 2 atom stereocenters. The van der Waals surface area contributed by atoms with Gasteiger partial charge < -0.3 is 14.4 Å². The smallest absolute Gasteiger partial charge is 0.137 e. The maximum absolute atomic E-state index is 9.88. The molecule has 0 radical (unpaired) electrons. The van der Waals surface area contributed by atoms with Gasteiger partial charge in [-0.2, -0.15) is 0 Å². The van der Waals surface area contributed by atoms with Gasteiger partial charge in [-0.15, -0.1) is 0 Å². The van der Waals surface area contributed by atoms with E-state index in [1.54, 1.807) is 0 Å². The average molecular weight is 350 g/mol. The van der Waals surface area contributed by atoms with Gasteiger partial charge in [0.1, 0.15) is 5.65 Å². The summed E-state index contributed by atoms with van der Waals surface area (Å²) in [6, 6.07) is 17.2. The number of pyridine rings is 1. The van der Waals surface area contributed by atoms with Crippen LogP contribution in [0.15, 0.2) is 54.7 Å². The highest BCUT2D eigenvalue weighted by molar-refractivity contribution is 5.66. The van der Waals surface area contributed by atoms with E-state index in [1.807, 2.05) is 24.3 Å². The zero-order chi connectivity index (χ0) is 18.1. The Kier molecular flexibility index (Phi) is 4.76. The molecule has 1 N–H and O–H groups in total. The van der Waals surface area contributed by atoms with E-state index in [2.05, 4.69) is 58.8 Å². The molecule has 4 rings (SSSR count). The second-order valence-electron chi connectivity index (χ2n) is 7.32. The zero-order valence-corrected chi connectivity index (χ0v) is 15.4. The molecule has 0 aliphatic carbocycles. The Morgan fingerprint density at radius 2 is 1.88 bits per heavy atom. The number of aliphatic hydroxyl groups is 1. The van der Waals surface area contributed by atoms with Crippen molar-refractivity contribution in [3.63, 3.8) is 0 Å². The Morgan fingerprint density at radius 1 is 1.12 bits per heavy atom. The zero-order valence-electron chi connectivity index (χ0n) is 15.4. The van der Waals surface area contributed by atoms with Crippen LogP contribution in [0, 0.1) is 0 Å². The van der Waals surface area contributed by atoms with Crippen molar-refractivity contribution >= 4 is 5.65 Å². The number of fused-ring (bicyclic) bond motifs is 1. The summed E-state index contributed by atoms with van der Waals surface area (Å²) in [5, 5.41) is 9.88. The number of aromatic nitrogens is 2. The monoisotopic (exact) mass is 350 g/mol. The van der Waals surface area contributed by atoms with E-state index in [1.165, 1.54) is 5.69 Å². The van der Waals surface area contributed by atoms with Gasteiger partial charge >= 0.3 is 0 Å². The van der Waals surface area contributed by atoms with E-state index in [9.17, 15) is 5.11 Å². The third-order valence-electron chi connectivity index (χ3n) is 5.48. The molecule has 5 heteroatoms. The number of rotatable bonds is 5. The molecule has 1 aromatic carbocycles. The lowest BCUT2D eigenvalue weighted by Crippen LogP contribution is -2.34. The first kappa shape index (κ1) is 17.2. The number of hydrogen-bond donors (Lipinski definition) is 1.